The van der Waals surface area contributed by atoms with Gasteiger partial charge in [0.25, 0.3) is 0 Å². The fourth-order valence-electron chi connectivity index (χ4n) is 2.93. The Labute approximate surface area is 101 Å². The maximum absolute atomic E-state index is 9.28. The van der Waals surface area contributed by atoms with E-state index in [0.717, 1.165) is 18.4 Å². The molecule has 0 radical (unpaired) electrons. The summed E-state index contributed by atoms with van der Waals surface area (Å²) in [6.45, 7) is 0.958. The molecule has 0 bridgehead atoms. The molecule has 2 fully saturated rings. The van der Waals surface area contributed by atoms with Gasteiger partial charge in [0.2, 0.25) is 0 Å². The quantitative estimate of drug-likeness (QED) is 0.852. The van der Waals surface area contributed by atoms with Gasteiger partial charge in [0.15, 0.2) is 6.29 Å². The van der Waals surface area contributed by atoms with Crippen LogP contribution in [0.3, 0.4) is 0 Å². The molecule has 1 saturated heterocycles. The molecule has 1 aromatic carbocycles. The van der Waals surface area contributed by atoms with Gasteiger partial charge in [0, 0.05) is 18.1 Å². The average molecular weight is 234 g/mol. The number of hydrogen-bond donors (Lipinski definition) is 1. The minimum atomic E-state index is -0.227. The molecule has 2 unspecified atom stereocenters. The second-order valence-electron chi connectivity index (χ2n) is 4.93. The van der Waals surface area contributed by atoms with Gasteiger partial charge in [0.1, 0.15) is 0 Å². The zero-order valence-electron chi connectivity index (χ0n) is 9.79. The first kappa shape index (κ1) is 11.2. The van der Waals surface area contributed by atoms with Crippen LogP contribution in [0.1, 0.15) is 24.7 Å². The van der Waals surface area contributed by atoms with Crippen LogP contribution >= 0.6 is 0 Å². The molecule has 0 aromatic heterocycles. The van der Waals surface area contributed by atoms with Crippen LogP contribution in [0.2, 0.25) is 0 Å². The average Bonchev–Trinajstić information content (AvgIpc) is 2.81. The number of rotatable bonds is 2. The normalized spacial score (nSPS) is 36.8. The van der Waals surface area contributed by atoms with Gasteiger partial charge >= 0.3 is 0 Å². The third-order valence-electron chi connectivity index (χ3n) is 3.95. The minimum Gasteiger partial charge on any atom is -0.396 e. The molecule has 1 heterocycles. The summed E-state index contributed by atoms with van der Waals surface area (Å²) in [6, 6.07) is 10.1. The van der Waals surface area contributed by atoms with Crippen LogP contribution in [0.25, 0.3) is 0 Å². The Balaban J connectivity index is 1.70. The molecule has 1 aliphatic heterocycles. The van der Waals surface area contributed by atoms with Crippen molar-refractivity contribution in [3.8, 4) is 0 Å². The van der Waals surface area contributed by atoms with Gasteiger partial charge in [-0.3, -0.25) is 0 Å². The fourth-order valence-corrected chi connectivity index (χ4v) is 2.93. The number of ether oxygens (including phenoxy) is 2. The summed E-state index contributed by atoms with van der Waals surface area (Å²) in [7, 11) is 0. The molecule has 92 valence electrons. The summed E-state index contributed by atoms with van der Waals surface area (Å²) in [5.74, 6) is 0.733. The van der Waals surface area contributed by atoms with Crippen molar-refractivity contribution in [2.24, 2.45) is 11.8 Å². The van der Waals surface area contributed by atoms with E-state index in [9.17, 15) is 5.11 Å². The van der Waals surface area contributed by atoms with Crippen LogP contribution in [-0.2, 0) is 9.47 Å². The molecule has 0 spiro atoms. The van der Waals surface area contributed by atoms with E-state index in [1.165, 1.54) is 0 Å². The van der Waals surface area contributed by atoms with Crippen molar-refractivity contribution in [1.82, 2.24) is 0 Å². The first-order chi connectivity index (χ1) is 8.38. The van der Waals surface area contributed by atoms with E-state index in [4.69, 9.17) is 9.47 Å². The van der Waals surface area contributed by atoms with Gasteiger partial charge in [-0.25, -0.2) is 0 Å². The van der Waals surface area contributed by atoms with E-state index in [0.29, 0.717) is 18.4 Å². The van der Waals surface area contributed by atoms with E-state index >= 15 is 0 Å². The number of fused-ring (bicyclic) bond motifs is 1. The lowest BCUT2D eigenvalue weighted by Gasteiger charge is -2.34. The second kappa shape index (κ2) is 4.77. The molecular weight excluding hydrogens is 216 g/mol. The molecule has 1 aromatic rings. The molecule has 1 N–H and O–H groups in total. The molecule has 1 saturated carbocycles. The van der Waals surface area contributed by atoms with Crippen LogP contribution in [0.5, 0.6) is 0 Å². The topological polar surface area (TPSA) is 38.7 Å². The highest BCUT2D eigenvalue weighted by atomic mass is 16.7. The molecule has 3 rings (SSSR count). The van der Waals surface area contributed by atoms with Crippen LogP contribution in [0.15, 0.2) is 30.3 Å². The van der Waals surface area contributed by atoms with Crippen LogP contribution < -0.4 is 0 Å². The third kappa shape index (κ3) is 2.10. The highest BCUT2D eigenvalue weighted by Gasteiger charge is 2.41. The van der Waals surface area contributed by atoms with E-state index in [1.54, 1.807) is 0 Å². The maximum Gasteiger partial charge on any atom is 0.184 e. The smallest absolute Gasteiger partial charge is 0.184 e. The summed E-state index contributed by atoms with van der Waals surface area (Å²) in [5.41, 5.74) is 1.08. The van der Waals surface area contributed by atoms with Gasteiger partial charge in [-0.05, 0) is 18.8 Å². The Morgan fingerprint density at radius 3 is 2.76 bits per heavy atom. The molecule has 1 aliphatic carbocycles. The zero-order chi connectivity index (χ0) is 11.7. The predicted octanol–water partition coefficient (Wildman–Crippen LogP) is 2.12. The Morgan fingerprint density at radius 2 is 2.00 bits per heavy atom. The molecule has 2 aliphatic rings. The van der Waals surface area contributed by atoms with Gasteiger partial charge in [-0.1, -0.05) is 30.3 Å². The second-order valence-corrected chi connectivity index (χ2v) is 4.93. The van der Waals surface area contributed by atoms with Crippen molar-refractivity contribution in [2.75, 3.05) is 13.2 Å². The van der Waals surface area contributed by atoms with Gasteiger partial charge in [0.05, 0.1) is 12.7 Å². The lowest BCUT2D eigenvalue weighted by atomic mass is 9.95. The zero-order valence-corrected chi connectivity index (χ0v) is 9.79. The molecular formula is C14H18O3. The van der Waals surface area contributed by atoms with Crippen LogP contribution in [0.4, 0.5) is 0 Å². The highest BCUT2D eigenvalue weighted by Crippen LogP contribution is 2.41. The number of aliphatic hydroxyl groups is 1. The third-order valence-corrected chi connectivity index (χ3v) is 3.95. The summed E-state index contributed by atoms with van der Waals surface area (Å²) in [6.07, 6.45) is 2.13. The molecule has 3 nitrogen and oxygen atoms in total. The summed E-state index contributed by atoms with van der Waals surface area (Å²) in [5, 5.41) is 9.28. The van der Waals surface area contributed by atoms with Crippen molar-refractivity contribution in [3.05, 3.63) is 35.9 Å². The summed E-state index contributed by atoms with van der Waals surface area (Å²) < 4.78 is 11.8. The predicted molar refractivity (Wildman–Crippen MR) is 63.3 cm³/mol. The van der Waals surface area contributed by atoms with Crippen molar-refractivity contribution in [1.29, 1.82) is 0 Å². The lowest BCUT2D eigenvalue weighted by molar-refractivity contribution is -0.239. The Hall–Kier alpha value is -0.900. The van der Waals surface area contributed by atoms with E-state index in [1.807, 2.05) is 30.3 Å². The van der Waals surface area contributed by atoms with Crippen molar-refractivity contribution < 1.29 is 14.6 Å². The van der Waals surface area contributed by atoms with Gasteiger partial charge < -0.3 is 14.6 Å². The first-order valence-corrected chi connectivity index (χ1v) is 6.31. The Bertz CT molecular complexity index is 365. The number of aliphatic hydroxyl groups excluding tert-OH is 1. The molecule has 17 heavy (non-hydrogen) atoms. The summed E-state index contributed by atoms with van der Waals surface area (Å²) >= 11 is 0. The Kier molecular flexibility index (Phi) is 3.14. The van der Waals surface area contributed by atoms with Gasteiger partial charge in [-0.2, -0.15) is 0 Å². The minimum absolute atomic E-state index is 0.227. The van der Waals surface area contributed by atoms with E-state index in [2.05, 4.69) is 0 Å². The maximum atomic E-state index is 9.28. The monoisotopic (exact) mass is 234 g/mol. The van der Waals surface area contributed by atoms with E-state index < -0.39 is 0 Å². The lowest BCUT2D eigenvalue weighted by Crippen LogP contribution is -2.36. The number of benzene rings is 1. The number of hydrogen-bond acceptors (Lipinski definition) is 3. The molecule has 3 heteroatoms. The fraction of sp³-hybridized carbons (Fsp3) is 0.571. The SMILES string of the molecule is OCC1CC[C@@H]2OC(c3ccccc3)OC[C@@H]12. The largest absolute Gasteiger partial charge is 0.396 e. The van der Waals surface area contributed by atoms with Crippen molar-refractivity contribution in [2.45, 2.75) is 25.2 Å². The summed E-state index contributed by atoms with van der Waals surface area (Å²) in [4.78, 5) is 0. The van der Waals surface area contributed by atoms with Crippen LogP contribution in [-0.4, -0.2) is 24.4 Å². The van der Waals surface area contributed by atoms with Crippen molar-refractivity contribution >= 4 is 0 Å². The Morgan fingerprint density at radius 1 is 1.18 bits per heavy atom. The van der Waals surface area contributed by atoms with Crippen molar-refractivity contribution in [3.63, 3.8) is 0 Å². The standard InChI is InChI=1S/C14H18O3/c15-8-11-6-7-13-12(11)9-16-14(17-13)10-4-2-1-3-5-10/h1-5,11-15H,6-9H2/t11?,12-,13-,14?/m0/s1. The van der Waals surface area contributed by atoms with E-state index in [-0.39, 0.29) is 19.0 Å². The van der Waals surface area contributed by atoms with Gasteiger partial charge in [-0.15, -0.1) is 0 Å². The van der Waals surface area contributed by atoms with Crippen LogP contribution in [0, 0.1) is 11.8 Å². The first-order valence-electron chi connectivity index (χ1n) is 6.31. The molecule has 0 amide bonds. The highest BCUT2D eigenvalue weighted by molar-refractivity contribution is 5.16. The molecule has 4 atom stereocenters.